The number of piperidine rings is 1. The maximum Gasteiger partial charge on any atom is 0.269 e. The lowest BCUT2D eigenvalue weighted by Crippen LogP contribution is -2.35. The molecule has 7 heteroatoms. The van der Waals surface area contributed by atoms with Crippen molar-refractivity contribution in [1.82, 2.24) is 4.90 Å². The predicted molar refractivity (Wildman–Crippen MR) is 80.6 cm³/mol. The Morgan fingerprint density at radius 3 is 3.00 bits per heavy atom. The van der Waals surface area contributed by atoms with Gasteiger partial charge in [-0.1, -0.05) is 0 Å². The molecular weight excluding hydrogens is 272 g/mol. The van der Waals surface area contributed by atoms with Gasteiger partial charge in [0.15, 0.2) is 0 Å². The van der Waals surface area contributed by atoms with Gasteiger partial charge in [-0.25, -0.2) is 0 Å². The van der Waals surface area contributed by atoms with Crippen LogP contribution in [-0.2, 0) is 6.54 Å². The highest BCUT2D eigenvalue weighted by Crippen LogP contribution is 2.26. The van der Waals surface area contributed by atoms with E-state index in [1.807, 2.05) is 0 Å². The van der Waals surface area contributed by atoms with E-state index in [1.165, 1.54) is 6.07 Å². The van der Waals surface area contributed by atoms with E-state index >= 15 is 0 Å². The zero-order valence-corrected chi connectivity index (χ0v) is 12.0. The van der Waals surface area contributed by atoms with Crippen molar-refractivity contribution >= 4 is 11.4 Å². The SMILES string of the molecule is NNc1ccc([N+](=O)[O-])cc1CN1CCCC(CCO)C1. The largest absolute Gasteiger partial charge is 0.396 e. The minimum absolute atomic E-state index is 0.0768. The Balaban J connectivity index is 2.10. The Bertz CT molecular complexity index is 493. The molecule has 1 saturated heterocycles. The lowest BCUT2D eigenvalue weighted by atomic mass is 9.94. The molecule has 116 valence electrons. The second-order valence-electron chi connectivity index (χ2n) is 5.50. The summed E-state index contributed by atoms with van der Waals surface area (Å²) >= 11 is 0. The highest BCUT2D eigenvalue weighted by molar-refractivity contribution is 5.55. The highest BCUT2D eigenvalue weighted by atomic mass is 16.6. The molecule has 0 bridgehead atoms. The monoisotopic (exact) mass is 294 g/mol. The molecule has 0 aromatic heterocycles. The summed E-state index contributed by atoms with van der Waals surface area (Å²) in [4.78, 5) is 12.8. The van der Waals surface area contributed by atoms with Crippen molar-refractivity contribution in [2.45, 2.75) is 25.8 Å². The zero-order valence-electron chi connectivity index (χ0n) is 12.0. The quantitative estimate of drug-likeness (QED) is 0.417. The summed E-state index contributed by atoms with van der Waals surface area (Å²) in [7, 11) is 0. The number of non-ortho nitro benzene ring substituents is 1. The minimum atomic E-state index is -0.394. The highest BCUT2D eigenvalue weighted by Gasteiger charge is 2.21. The molecule has 7 nitrogen and oxygen atoms in total. The number of nitrogens with zero attached hydrogens (tertiary/aromatic N) is 2. The van der Waals surface area contributed by atoms with E-state index in [4.69, 9.17) is 10.9 Å². The van der Waals surface area contributed by atoms with Gasteiger partial charge < -0.3 is 10.5 Å². The Morgan fingerprint density at radius 1 is 1.52 bits per heavy atom. The third kappa shape index (κ3) is 4.13. The maximum atomic E-state index is 10.9. The van der Waals surface area contributed by atoms with E-state index in [9.17, 15) is 10.1 Å². The third-order valence-corrected chi connectivity index (χ3v) is 3.99. The fourth-order valence-corrected chi connectivity index (χ4v) is 2.92. The topological polar surface area (TPSA) is 105 Å². The first-order valence-corrected chi connectivity index (χ1v) is 7.21. The number of aliphatic hydroxyl groups is 1. The standard InChI is InChI=1S/C14H22N4O3/c15-16-14-4-3-13(18(20)21)8-12(14)10-17-6-1-2-11(9-17)5-7-19/h3-4,8,11,16,19H,1-2,5-7,9-10,15H2. The van der Waals surface area contributed by atoms with E-state index in [1.54, 1.807) is 12.1 Å². The van der Waals surface area contributed by atoms with Gasteiger partial charge >= 0.3 is 0 Å². The van der Waals surface area contributed by atoms with Crippen LogP contribution < -0.4 is 11.3 Å². The smallest absolute Gasteiger partial charge is 0.269 e. The van der Waals surface area contributed by atoms with Gasteiger partial charge in [0.1, 0.15) is 0 Å². The molecular formula is C14H22N4O3. The first-order valence-electron chi connectivity index (χ1n) is 7.21. The van der Waals surface area contributed by atoms with Crippen LogP contribution in [0, 0.1) is 16.0 Å². The number of hydrogen-bond acceptors (Lipinski definition) is 6. The second-order valence-corrected chi connectivity index (χ2v) is 5.50. The first-order chi connectivity index (χ1) is 10.1. The second kappa shape index (κ2) is 7.35. The van der Waals surface area contributed by atoms with Crippen molar-refractivity contribution in [1.29, 1.82) is 0 Å². The van der Waals surface area contributed by atoms with Gasteiger partial charge in [-0.2, -0.15) is 0 Å². The molecule has 1 fully saturated rings. The maximum absolute atomic E-state index is 10.9. The minimum Gasteiger partial charge on any atom is -0.396 e. The van der Waals surface area contributed by atoms with E-state index in [2.05, 4.69) is 10.3 Å². The van der Waals surface area contributed by atoms with Crippen molar-refractivity contribution in [3.63, 3.8) is 0 Å². The lowest BCUT2D eigenvalue weighted by Gasteiger charge is -2.32. The summed E-state index contributed by atoms with van der Waals surface area (Å²) in [5.74, 6) is 5.98. The number of hydrazine groups is 1. The van der Waals surface area contributed by atoms with E-state index < -0.39 is 4.92 Å². The van der Waals surface area contributed by atoms with Crippen molar-refractivity contribution in [2.24, 2.45) is 11.8 Å². The molecule has 1 aliphatic rings. The molecule has 1 aromatic rings. The van der Waals surface area contributed by atoms with Gasteiger partial charge in [-0.15, -0.1) is 0 Å². The number of benzene rings is 1. The number of nitro benzene ring substituents is 1. The average Bonchev–Trinajstić information content (AvgIpc) is 2.48. The van der Waals surface area contributed by atoms with Crippen LogP contribution in [0.15, 0.2) is 18.2 Å². The Morgan fingerprint density at radius 2 is 2.33 bits per heavy atom. The molecule has 1 aromatic carbocycles. The first kappa shape index (κ1) is 15.7. The van der Waals surface area contributed by atoms with Crippen molar-refractivity contribution < 1.29 is 10.0 Å². The van der Waals surface area contributed by atoms with Gasteiger partial charge in [0.25, 0.3) is 5.69 Å². The fourth-order valence-electron chi connectivity index (χ4n) is 2.92. The molecule has 1 heterocycles. The van der Waals surface area contributed by atoms with Crippen LogP contribution >= 0.6 is 0 Å². The van der Waals surface area contributed by atoms with Crippen LogP contribution in [0.2, 0.25) is 0 Å². The average molecular weight is 294 g/mol. The van der Waals surface area contributed by atoms with E-state index in [-0.39, 0.29) is 12.3 Å². The predicted octanol–water partition coefficient (Wildman–Crippen LogP) is 1.47. The molecule has 0 spiro atoms. The molecule has 2 rings (SSSR count). The van der Waals surface area contributed by atoms with Gasteiger partial charge in [0.2, 0.25) is 0 Å². The van der Waals surface area contributed by atoms with Crippen molar-refractivity contribution in [3.05, 3.63) is 33.9 Å². The third-order valence-electron chi connectivity index (χ3n) is 3.99. The summed E-state index contributed by atoms with van der Waals surface area (Å²) in [6, 6.07) is 4.66. The van der Waals surface area contributed by atoms with Gasteiger partial charge in [0.05, 0.1) is 10.6 Å². The number of nitrogen functional groups attached to an aromatic ring is 1. The number of likely N-dealkylation sites (tertiary alicyclic amines) is 1. The van der Waals surface area contributed by atoms with Crippen LogP contribution in [-0.4, -0.2) is 34.6 Å². The zero-order chi connectivity index (χ0) is 15.2. The Hall–Kier alpha value is -1.70. The number of hydrogen-bond donors (Lipinski definition) is 3. The molecule has 1 atom stereocenters. The lowest BCUT2D eigenvalue weighted by molar-refractivity contribution is -0.384. The molecule has 1 aliphatic heterocycles. The number of anilines is 1. The van der Waals surface area contributed by atoms with Crippen molar-refractivity contribution in [2.75, 3.05) is 25.1 Å². The number of aliphatic hydroxyl groups excluding tert-OH is 1. The Kier molecular flexibility index (Phi) is 5.49. The van der Waals surface area contributed by atoms with Crippen LogP contribution in [0.1, 0.15) is 24.8 Å². The van der Waals surface area contributed by atoms with Crippen LogP contribution in [0.4, 0.5) is 11.4 Å². The van der Waals surface area contributed by atoms with Gasteiger partial charge in [0, 0.05) is 31.8 Å². The van der Waals surface area contributed by atoms with Crippen LogP contribution in [0.5, 0.6) is 0 Å². The normalized spacial score (nSPS) is 19.4. The summed E-state index contributed by atoms with van der Waals surface area (Å²) in [5, 5.41) is 19.9. The molecule has 0 radical (unpaired) electrons. The van der Waals surface area contributed by atoms with Gasteiger partial charge in [-0.05, 0) is 43.4 Å². The summed E-state index contributed by atoms with van der Waals surface area (Å²) in [6.45, 7) is 2.72. The van der Waals surface area contributed by atoms with Gasteiger partial charge in [-0.3, -0.25) is 20.9 Å². The molecule has 0 saturated carbocycles. The number of nitro groups is 1. The molecule has 0 amide bonds. The summed E-state index contributed by atoms with van der Waals surface area (Å²) < 4.78 is 0. The van der Waals surface area contributed by atoms with E-state index in [0.717, 1.165) is 37.9 Å². The molecule has 4 N–H and O–H groups in total. The number of nitrogens with two attached hydrogens (primary N) is 1. The van der Waals surface area contributed by atoms with Crippen molar-refractivity contribution in [3.8, 4) is 0 Å². The molecule has 1 unspecified atom stereocenters. The molecule has 0 aliphatic carbocycles. The fraction of sp³-hybridized carbons (Fsp3) is 0.571. The summed E-state index contributed by atoms with van der Waals surface area (Å²) in [6.07, 6.45) is 3.03. The molecule has 21 heavy (non-hydrogen) atoms. The van der Waals surface area contributed by atoms with Crippen LogP contribution in [0.25, 0.3) is 0 Å². The van der Waals surface area contributed by atoms with Crippen LogP contribution in [0.3, 0.4) is 0 Å². The summed E-state index contributed by atoms with van der Waals surface area (Å²) in [5.41, 5.74) is 4.22. The van der Waals surface area contributed by atoms with E-state index in [0.29, 0.717) is 18.2 Å². The number of nitrogens with one attached hydrogen (secondary N) is 1. The number of rotatable bonds is 6. The Labute approximate surface area is 123 Å².